The van der Waals surface area contributed by atoms with Crippen molar-refractivity contribution >= 4 is 0 Å². The average Bonchev–Trinajstić information content (AvgIpc) is 1.00. The third kappa shape index (κ3) is 9.29. The molecule has 0 aliphatic carbocycles. The van der Waals surface area contributed by atoms with Crippen LogP contribution in [0.5, 0.6) is 0 Å². The van der Waals surface area contributed by atoms with Gasteiger partial charge in [0.15, 0.2) is 0 Å². The number of rotatable bonds is 0. The molecule has 0 aromatic heterocycles. The van der Waals surface area contributed by atoms with Crippen LogP contribution in [0, 0.1) is 0 Å². The van der Waals surface area contributed by atoms with Crippen molar-refractivity contribution in [2.45, 2.75) is 13.8 Å². The number of hydrogen-bond donors (Lipinski definition) is 0. The molecular weight excluding hydrogens is 174 g/mol. The maximum Gasteiger partial charge on any atom is 1.00 e. The van der Waals surface area contributed by atoms with Crippen molar-refractivity contribution in [3.8, 4) is 0 Å². The molecule has 0 heterocycles. The molecule has 0 rings (SSSR count). The standard InChI is InChI=1S/C2H6.HI.Na/c1-2;;/h1-2H3;1H;/q;;+1/p-1. The van der Waals surface area contributed by atoms with Gasteiger partial charge < -0.3 is 24.0 Å². The van der Waals surface area contributed by atoms with Gasteiger partial charge in [0.25, 0.3) is 0 Å². The predicted octanol–water partition coefficient (Wildman–Crippen LogP) is -4.97. The first kappa shape index (κ1) is 17.2. The second-order valence-electron chi connectivity index (χ2n) is 0. The molecule has 0 bridgehead atoms. The molecule has 0 aromatic carbocycles. The maximum absolute atomic E-state index is 2.00. The third-order valence-corrected chi connectivity index (χ3v) is 0. The Hall–Kier alpha value is 1.73. The van der Waals surface area contributed by atoms with E-state index in [2.05, 4.69) is 0 Å². The molecule has 4 heavy (non-hydrogen) atoms. The minimum atomic E-state index is 0. The van der Waals surface area contributed by atoms with Crippen LogP contribution in [0.3, 0.4) is 0 Å². The molecule has 0 N–H and O–H groups in total. The van der Waals surface area contributed by atoms with E-state index >= 15 is 0 Å². The van der Waals surface area contributed by atoms with Crippen molar-refractivity contribution < 1.29 is 53.5 Å². The van der Waals surface area contributed by atoms with Gasteiger partial charge in [-0.3, -0.25) is 0 Å². The van der Waals surface area contributed by atoms with Crippen LogP contribution in [0.4, 0.5) is 0 Å². The van der Waals surface area contributed by atoms with Crippen LogP contribution in [0.25, 0.3) is 0 Å². The molecule has 0 amide bonds. The predicted molar refractivity (Wildman–Crippen MR) is 11.3 cm³/mol. The van der Waals surface area contributed by atoms with E-state index in [0.29, 0.717) is 0 Å². The monoisotopic (exact) mass is 180 g/mol. The Bertz CT molecular complexity index is 6.00. The SMILES string of the molecule is CC.[I-].[Na+]. The van der Waals surface area contributed by atoms with Crippen molar-refractivity contribution in [2.75, 3.05) is 0 Å². The van der Waals surface area contributed by atoms with Crippen molar-refractivity contribution in [3.63, 3.8) is 0 Å². The summed E-state index contributed by atoms with van der Waals surface area (Å²) in [5, 5.41) is 0. The van der Waals surface area contributed by atoms with E-state index in [0.717, 1.165) is 0 Å². The normalized spacial score (nSPS) is 1.50. The van der Waals surface area contributed by atoms with Crippen LogP contribution in [0.15, 0.2) is 0 Å². The summed E-state index contributed by atoms with van der Waals surface area (Å²) in [5.74, 6) is 0. The maximum atomic E-state index is 2.00. The second-order valence-corrected chi connectivity index (χ2v) is 0. The molecular formula is C2H6INa. The van der Waals surface area contributed by atoms with E-state index in [-0.39, 0.29) is 53.5 Å². The molecule has 0 aliphatic heterocycles. The molecule has 0 spiro atoms. The quantitative estimate of drug-likeness (QED) is 0.259. The molecule has 0 aliphatic rings. The zero-order valence-electron chi connectivity index (χ0n) is 3.38. The minimum absolute atomic E-state index is 0. The summed E-state index contributed by atoms with van der Waals surface area (Å²) in [5.41, 5.74) is 0. The molecule has 0 nitrogen and oxygen atoms in total. The van der Waals surface area contributed by atoms with E-state index < -0.39 is 0 Å². The summed E-state index contributed by atoms with van der Waals surface area (Å²) in [6.07, 6.45) is 0. The Morgan fingerprint density at radius 2 is 1.00 bits per heavy atom. The molecule has 0 saturated heterocycles. The van der Waals surface area contributed by atoms with Crippen molar-refractivity contribution in [1.82, 2.24) is 0 Å². The first-order valence-corrected chi connectivity index (χ1v) is 1.00. The summed E-state index contributed by atoms with van der Waals surface area (Å²) in [6.45, 7) is 4.00. The number of halogens is 1. The van der Waals surface area contributed by atoms with Crippen LogP contribution in [0.2, 0.25) is 0 Å². The first-order valence-electron chi connectivity index (χ1n) is 1.00. The summed E-state index contributed by atoms with van der Waals surface area (Å²) in [7, 11) is 0. The van der Waals surface area contributed by atoms with Crippen LogP contribution in [-0.4, -0.2) is 0 Å². The van der Waals surface area contributed by atoms with Gasteiger partial charge in [0.1, 0.15) is 0 Å². The van der Waals surface area contributed by atoms with Gasteiger partial charge in [-0.2, -0.15) is 0 Å². The van der Waals surface area contributed by atoms with Crippen molar-refractivity contribution in [2.24, 2.45) is 0 Å². The summed E-state index contributed by atoms with van der Waals surface area (Å²) >= 11 is 0. The Kier molecular flexibility index (Phi) is 94.6. The number of hydrogen-bond acceptors (Lipinski definition) is 0. The van der Waals surface area contributed by atoms with Gasteiger partial charge in [0.05, 0.1) is 0 Å². The van der Waals surface area contributed by atoms with Gasteiger partial charge in [0, 0.05) is 0 Å². The van der Waals surface area contributed by atoms with Crippen molar-refractivity contribution in [3.05, 3.63) is 0 Å². The molecule has 0 radical (unpaired) electrons. The van der Waals surface area contributed by atoms with Gasteiger partial charge >= 0.3 is 29.6 Å². The largest absolute Gasteiger partial charge is 1.00 e. The zero-order valence-corrected chi connectivity index (χ0v) is 7.54. The smallest absolute Gasteiger partial charge is 1.00 e. The Morgan fingerprint density at radius 3 is 1.00 bits per heavy atom. The summed E-state index contributed by atoms with van der Waals surface area (Å²) in [4.78, 5) is 0. The molecule has 0 unspecified atom stereocenters. The van der Waals surface area contributed by atoms with E-state index in [1.807, 2.05) is 13.8 Å². The van der Waals surface area contributed by atoms with Crippen molar-refractivity contribution in [1.29, 1.82) is 0 Å². The van der Waals surface area contributed by atoms with Crippen LogP contribution < -0.4 is 53.5 Å². The summed E-state index contributed by atoms with van der Waals surface area (Å²) in [6, 6.07) is 0. The minimum Gasteiger partial charge on any atom is -1.00 e. The fraction of sp³-hybridized carbons (Fsp3) is 1.00. The Labute approximate surface area is 66.7 Å². The van der Waals surface area contributed by atoms with Crippen LogP contribution in [-0.2, 0) is 0 Å². The molecule has 0 saturated carbocycles. The summed E-state index contributed by atoms with van der Waals surface area (Å²) < 4.78 is 0. The van der Waals surface area contributed by atoms with Gasteiger partial charge in [0.2, 0.25) is 0 Å². The molecule has 0 aromatic rings. The van der Waals surface area contributed by atoms with Crippen LogP contribution >= 0.6 is 0 Å². The molecule has 2 heteroatoms. The van der Waals surface area contributed by atoms with Gasteiger partial charge in [-0.05, 0) is 0 Å². The Morgan fingerprint density at radius 1 is 1.00 bits per heavy atom. The fourth-order valence-corrected chi connectivity index (χ4v) is 0. The zero-order chi connectivity index (χ0) is 2.00. The first-order chi connectivity index (χ1) is 1.00. The topological polar surface area (TPSA) is 0 Å². The van der Waals surface area contributed by atoms with E-state index in [4.69, 9.17) is 0 Å². The van der Waals surface area contributed by atoms with Gasteiger partial charge in [-0.25, -0.2) is 0 Å². The fourth-order valence-electron chi connectivity index (χ4n) is 0. The molecule has 0 fully saturated rings. The van der Waals surface area contributed by atoms with Crippen LogP contribution in [0.1, 0.15) is 13.8 Å². The van der Waals surface area contributed by atoms with E-state index in [1.54, 1.807) is 0 Å². The average molecular weight is 180 g/mol. The van der Waals surface area contributed by atoms with Gasteiger partial charge in [-0.15, -0.1) is 0 Å². The third-order valence-electron chi connectivity index (χ3n) is 0. The van der Waals surface area contributed by atoms with E-state index in [9.17, 15) is 0 Å². The van der Waals surface area contributed by atoms with Gasteiger partial charge in [-0.1, -0.05) is 13.8 Å². The van der Waals surface area contributed by atoms with E-state index in [1.165, 1.54) is 0 Å². The Balaban J connectivity index is -0.00000000500. The molecule has 22 valence electrons. The second kappa shape index (κ2) is 22.0. The molecule has 0 atom stereocenters.